The average molecular weight is 590 g/mol. The van der Waals surface area contributed by atoms with Crippen LogP contribution in [0.4, 0.5) is 10.1 Å². The fourth-order valence-corrected chi connectivity index (χ4v) is 3.75. The zero-order valence-corrected chi connectivity index (χ0v) is 20.2. The maximum absolute atomic E-state index is 13.7. The molecule has 0 fully saturated rings. The Bertz CT molecular complexity index is 1260. The Kier molecular flexibility index (Phi) is 6.69. The van der Waals surface area contributed by atoms with Crippen molar-refractivity contribution in [1.29, 1.82) is 0 Å². The Hall–Kier alpha value is -2.87. The van der Waals surface area contributed by atoms with Crippen molar-refractivity contribution in [2.75, 3.05) is 0 Å². The van der Waals surface area contributed by atoms with E-state index >= 15 is 0 Å². The Morgan fingerprint density at radius 1 is 1.06 bits per heavy atom. The second kappa shape index (κ2) is 9.09. The van der Waals surface area contributed by atoms with Gasteiger partial charge in [-0.15, -0.1) is 23.8 Å². The van der Waals surface area contributed by atoms with E-state index in [1.807, 2.05) is 12.3 Å². The molecule has 4 rings (SSSR count). The number of halogens is 1. The van der Waals surface area contributed by atoms with Gasteiger partial charge in [-0.25, -0.2) is 4.52 Å². The van der Waals surface area contributed by atoms with Crippen molar-refractivity contribution in [2.24, 2.45) is 0 Å². The first kappa shape index (κ1) is 22.8. The van der Waals surface area contributed by atoms with E-state index < -0.39 is 5.82 Å². The van der Waals surface area contributed by atoms with Crippen molar-refractivity contribution in [3.05, 3.63) is 83.1 Å². The van der Waals surface area contributed by atoms with Crippen molar-refractivity contribution in [2.45, 2.75) is 39.5 Å². The summed E-state index contributed by atoms with van der Waals surface area (Å²) in [6, 6.07) is 15.9. The Morgan fingerprint density at radius 3 is 2.35 bits per heavy atom. The van der Waals surface area contributed by atoms with Gasteiger partial charge >= 0.3 is 0 Å². The Labute approximate surface area is 195 Å². The molecule has 0 bridgehead atoms. The van der Waals surface area contributed by atoms with E-state index in [9.17, 15) is 4.39 Å². The van der Waals surface area contributed by atoms with Gasteiger partial charge in [-0.05, 0) is 40.7 Å². The summed E-state index contributed by atoms with van der Waals surface area (Å²) in [6.45, 7) is 15.9. The molecule has 0 aliphatic heterocycles. The second-order valence-electron chi connectivity index (χ2n) is 7.94. The predicted octanol–water partition coefficient (Wildman–Crippen LogP) is 6.80. The van der Waals surface area contributed by atoms with Crippen molar-refractivity contribution >= 4 is 11.3 Å². The van der Waals surface area contributed by atoms with Crippen LogP contribution in [0.1, 0.15) is 50.7 Å². The number of aromatic nitrogens is 3. The van der Waals surface area contributed by atoms with Crippen LogP contribution < -0.4 is 0 Å². The zero-order chi connectivity index (χ0) is 21.4. The molecule has 6 heteroatoms. The minimum atomic E-state index is -0.592. The molecule has 2 aromatic heterocycles. The third-order valence-corrected chi connectivity index (χ3v) is 5.25. The maximum Gasteiger partial charge on any atom is 0.153 e. The van der Waals surface area contributed by atoms with Crippen LogP contribution >= 0.6 is 0 Å². The standard InChI is InChI=1S/C25H22FN4.Ir/c1-15(2)18-8-6-9-19(16(3)4)23(18)20-10-7-13-30-25(20)28-24(29-30)17-11-12-21(26)22(14-17)27-5;/h6-10,12-16H,1-4H3;/q-1;. The SMILES string of the molecule is [C-]#[N+]c1cc(-c2nc3c(-c4c(C(C)C)cccc4C(C)C)cccn3n2)[c-]cc1F.[Ir]. The molecule has 31 heavy (non-hydrogen) atoms. The summed E-state index contributed by atoms with van der Waals surface area (Å²) in [6.07, 6.45) is 1.85. The van der Waals surface area contributed by atoms with E-state index in [0.717, 1.165) is 11.2 Å². The Balaban J connectivity index is 0.00000272. The molecule has 0 saturated heterocycles. The number of hydrogen-bond acceptors (Lipinski definition) is 2. The molecule has 2 heterocycles. The summed E-state index contributed by atoms with van der Waals surface area (Å²) < 4.78 is 15.5. The van der Waals surface area contributed by atoms with Gasteiger partial charge in [0.25, 0.3) is 0 Å². The van der Waals surface area contributed by atoms with Crippen LogP contribution in [0.2, 0.25) is 0 Å². The Morgan fingerprint density at radius 2 is 1.74 bits per heavy atom. The molecule has 0 saturated carbocycles. The van der Waals surface area contributed by atoms with Crippen LogP contribution in [-0.2, 0) is 20.1 Å². The van der Waals surface area contributed by atoms with Gasteiger partial charge in [0.15, 0.2) is 5.65 Å². The zero-order valence-electron chi connectivity index (χ0n) is 17.8. The minimum Gasteiger partial charge on any atom is -0.278 e. The second-order valence-corrected chi connectivity index (χ2v) is 7.94. The summed E-state index contributed by atoms with van der Waals surface area (Å²) in [5, 5.41) is 4.57. The molecule has 2 aromatic carbocycles. The summed E-state index contributed by atoms with van der Waals surface area (Å²) in [4.78, 5) is 7.99. The summed E-state index contributed by atoms with van der Waals surface area (Å²) in [7, 11) is 0. The van der Waals surface area contributed by atoms with E-state index in [2.05, 4.69) is 68.0 Å². The monoisotopic (exact) mass is 590 g/mol. The number of fused-ring (bicyclic) bond motifs is 1. The van der Waals surface area contributed by atoms with Gasteiger partial charge in [0.1, 0.15) is 5.69 Å². The molecule has 0 N–H and O–H groups in total. The molecule has 0 amide bonds. The molecule has 0 atom stereocenters. The van der Waals surface area contributed by atoms with Gasteiger partial charge in [0.2, 0.25) is 0 Å². The maximum atomic E-state index is 13.7. The van der Waals surface area contributed by atoms with Gasteiger partial charge in [-0.1, -0.05) is 45.9 Å². The van der Waals surface area contributed by atoms with Crippen molar-refractivity contribution in [1.82, 2.24) is 14.6 Å². The minimum absolute atomic E-state index is 0. The van der Waals surface area contributed by atoms with Crippen LogP contribution in [0, 0.1) is 18.5 Å². The fraction of sp³-hybridized carbons (Fsp3) is 0.240. The van der Waals surface area contributed by atoms with Gasteiger partial charge in [-0.3, -0.25) is 14.2 Å². The normalized spacial score (nSPS) is 11.0. The smallest absolute Gasteiger partial charge is 0.153 e. The first-order chi connectivity index (χ1) is 14.4. The van der Waals surface area contributed by atoms with Crippen LogP contribution in [-0.4, -0.2) is 14.6 Å². The number of hydrogen-bond donors (Lipinski definition) is 0. The summed E-state index contributed by atoms with van der Waals surface area (Å²) in [5.74, 6) is 0.534. The van der Waals surface area contributed by atoms with Crippen molar-refractivity contribution in [3.8, 4) is 22.5 Å². The molecule has 0 unspecified atom stereocenters. The number of rotatable bonds is 4. The fourth-order valence-electron chi connectivity index (χ4n) is 3.75. The molecule has 0 aliphatic rings. The van der Waals surface area contributed by atoms with E-state index in [1.54, 1.807) is 4.52 Å². The quantitative estimate of drug-likeness (QED) is 0.246. The molecule has 0 aliphatic carbocycles. The number of benzene rings is 2. The van der Waals surface area contributed by atoms with E-state index in [4.69, 9.17) is 11.6 Å². The van der Waals surface area contributed by atoms with Crippen LogP contribution in [0.5, 0.6) is 0 Å². The van der Waals surface area contributed by atoms with E-state index in [1.165, 1.54) is 28.8 Å². The molecule has 0 spiro atoms. The van der Waals surface area contributed by atoms with E-state index in [-0.39, 0.29) is 25.8 Å². The topological polar surface area (TPSA) is 34.5 Å². The summed E-state index contributed by atoms with van der Waals surface area (Å²) in [5.41, 5.74) is 5.90. The van der Waals surface area contributed by atoms with Crippen LogP contribution in [0.15, 0.2) is 48.7 Å². The third kappa shape index (κ3) is 4.17. The predicted molar refractivity (Wildman–Crippen MR) is 117 cm³/mol. The van der Waals surface area contributed by atoms with Crippen molar-refractivity contribution < 1.29 is 24.5 Å². The molecule has 1 radical (unpaired) electrons. The molecular weight excluding hydrogens is 568 g/mol. The van der Waals surface area contributed by atoms with Gasteiger partial charge in [-0.2, -0.15) is 5.10 Å². The molecular formula is C25H22FIrN4-. The first-order valence-corrected chi connectivity index (χ1v) is 9.98. The molecule has 4 aromatic rings. The average Bonchev–Trinajstić information content (AvgIpc) is 3.17. The molecule has 4 nitrogen and oxygen atoms in total. The third-order valence-electron chi connectivity index (χ3n) is 5.25. The van der Waals surface area contributed by atoms with Crippen LogP contribution in [0.25, 0.3) is 33.0 Å². The molecule has 159 valence electrons. The van der Waals surface area contributed by atoms with E-state index in [0.29, 0.717) is 23.2 Å². The number of nitrogens with zero attached hydrogens (tertiary/aromatic N) is 4. The van der Waals surface area contributed by atoms with Gasteiger partial charge in [0, 0.05) is 37.7 Å². The van der Waals surface area contributed by atoms with Gasteiger partial charge in [0.05, 0.1) is 12.4 Å². The van der Waals surface area contributed by atoms with Crippen LogP contribution in [0.3, 0.4) is 0 Å². The number of pyridine rings is 1. The largest absolute Gasteiger partial charge is 0.278 e. The van der Waals surface area contributed by atoms with Crippen molar-refractivity contribution in [3.63, 3.8) is 0 Å². The first-order valence-electron chi connectivity index (χ1n) is 9.98. The summed E-state index contributed by atoms with van der Waals surface area (Å²) >= 11 is 0. The van der Waals surface area contributed by atoms with Gasteiger partial charge < -0.3 is 0 Å².